The molecule has 0 N–H and O–H groups in total. The van der Waals surface area contributed by atoms with Gasteiger partial charge in [-0.05, 0) is 42.8 Å². The Hall–Kier alpha value is -3.90. The van der Waals surface area contributed by atoms with Crippen LogP contribution in [-0.2, 0) is 61.5 Å². The fraction of sp³-hybridized carbons (Fsp3) is 0.636. The van der Waals surface area contributed by atoms with E-state index in [2.05, 4.69) is 0 Å². The van der Waals surface area contributed by atoms with Gasteiger partial charge in [0.15, 0.2) is 30.9 Å². The van der Waals surface area contributed by atoms with Gasteiger partial charge in [0, 0.05) is 52.5 Å². The van der Waals surface area contributed by atoms with Gasteiger partial charge in [-0.1, -0.05) is 20.8 Å². The van der Waals surface area contributed by atoms with Crippen molar-refractivity contribution in [1.82, 2.24) is 0 Å². The highest BCUT2D eigenvalue weighted by molar-refractivity contribution is 6.74. The van der Waals surface area contributed by atoms with Crippen LogP contribution in [0.25, 0.3) is 0 Å². The first-order chi connectivity index (χ1) is 23.2. The van der Waals surface area contributed by atoms with Crippen LogP contribution < -0.4 is 0 Å². The summed E-state index contributed by atoms with van der Waals surface area (Å²) in [5.74, 6) is -2.77. The molecule has 0 spiro atoms. The minimum Gasteiger partial charge on any atom is -0.545 e. The number of carbonyl (C=O) groups excluding carboxylic acids is 4. The summed E-state index contributed by atoms with van der Waals surface area (Å²) in [5.41, 5.74) is 0.289. The molecule has 0 radical (unpaired) electrons. The first-order valence-electron chi connectivity index (χ1n) is 16.1. The van der Waals surface area contributed by atoms with Gasteiger partial charge in [-0.25, -0.2) is 0 Å². The molecule has 16 nitrogen and oxygen atoms in total. The van der Waals surface area contributed by atoms with Crippen molar-refractivity contribution in [2.24, 2.45) is 0 Å². The summed E-state index contributed by atoms with van der Waals surface area (Å²) in [6, 6.07) is 5.63. The number of nitrogens with zero attached hydrogens (tertiary/aromatic N) is 1. The summed E-state index contributed by atoms with van der Waals surface area (Å²) in [4.78, 5) is 59.8. The Balaban J connectivity index is 2.23. The van der Waals surface area contributed by atoms with Crippen LogP contribution in [0, 0.1) is 10.1 Å². The van der Waals surface area contributed by atoms with Crippen molar-refractivity contribution in [3.8, 4) is 0 Å². The van der Waals surface area contributed by atoms with E-state index in [1.165, 1.54) is 31.2 Å². The van der Waals surface area contributed by atoms with Crippen molar-refractivity contribution >= 4 is 37.9 Å². The van der Waals surface area contributed by atoms with Gasteiger partial charge in [-0.3, -0.25) is 29.3 Å². The van der Waals surface area contributed by atoms with E-state index >= 15 is 0 Å². The number of esters is 4. The van der Waals surface area contributed by atoms with Crippen LogP contribution in [0.3, 0.4) is 0 Å². The van der Waals surface area contributed by atoms with Gasteiger partial charge < -0.3 is 42.3 Å². The summed E-state index contributed by atoms with van der Waals surface area (Å²) < 4.78 is 53.7. The van der Waals surface area contributed by atoms with Gasteiger partial charge >= 0.3 is 23.9 Å². The number of carbonyl (C=O) groups is 4. The Labute approximate surface area is 291 Å². The van der Waals surface area contributed by atoms with Crippen LogP contribution in [0.15, 0.2) is 36.1 Å². The summed E-state index contributed by atoms with van der Waals surface area (Å²) in [5, 5.41) is 11.2. The van der Waals surface area contributed by atoms with Gasteiger partial charge in [-0.15, -0.1) is 0 Å². The fourth-order valence-electron chi connectivity index (χ4n) is 5.05. The maximum atomic E-state index is 12.5. The zero-order chi connectivity index (χ0) is 37.6. The van der Waals surface area contributed by atoms with E-state index in [1.807, 2.05) is 33.9 Å². The van der Waals surface area contributed by atoms with Crippen LogP contribution in [0.2, 0.25) is 18.1 Å². The number of nitro groups is 1. The molecule has 0 aromatic heterocycles. The molecule has 2 aliphatic heterocycles. The second kappa shape index (κ2) is 16.9. The quantitative estimate of drug-likeness (QED) is 0.0912. The normalized spacial score (nSPS) is 27.0. The van der Waals surface area contributed by atoms with E-state index < -0.39 is 92.9 Å². The molecule has 0 bridgehead atoms. The van der Waals surface area contributed by atoms with Crippen molar-refractivity contribution in [3.05, 3.63) is 51.8 Å². The highest BCUT2D eigenvalue weighted by atomic mass is 28.4. The van der Waals surface area contributed by atoms with Crippen molar-refractivity contribution in [3.63, 3.8) is 0 Å². The molecule has 1 fully saturated rings. The summed E-state index contributed by atoms with van der Waals surface area (Å²) in [6.07, 6.45) is -8.76. The number of rotatable bonds is 13. The van der Waals surface area contributed by atoms with Crippen LogP contribution in [0.1, 0.15) is 67.1 Å². The molecule has 17 heteroatoms. The monoisotopic (exact) mass is 725 g/mol. The second-order valence-electron chi connectivity index (χ2n) is 13.3. The molecule has 1 aromatic rings. The third-order valence-electron chi connectivity index (χ3n) is 8.31. The molecule has 1 saturated heterocycles. The highest BCUT2D eigenvalue weighted by Gasteiger charge is 2.55. The molecule has 0 aliphatic carbocycles. The minimum absolute atomic E-state index is 0.156. The standard InChI is InChI=1S/C33H47NO15Si/c1-11-41-26-16-24(49-50(9,10)33(6,7)8)28(27(47-26)22-12-14-23(15-13-22)34(39)40)48-32-31(45-21(5)38)30(44-20(4)37)29(43-19(3)36)25(46-32)17-42-18(2)35/h12-16,25-32H,11,17H2,1-10H3/t25-,26+,27+,28+,29-,30+,31-,32+/m1/s1. The maximum Gasteiger partial charge on any atom is 0.303 e. The number of benzene rings is 1. The molecule has 3 rings (SSSR count). The van der Waals surface area contributed by atoms with Crippen molar-refractivity contribution in [1.29, 1.82) is 0 Å². The number of nitro benzene ring substituents is 1. The third-order valence-corrected chi connectivity index (χ3v) is 12.7. The smallest absolute Gasteiger partial charge is 0.303 e. The van der Waals surface area contributed by atoms with Gasteiger partial charge in [-0.2, -0.15) is 0 Å². The molecule has 0 amide bonds. The van der Waals surface area contributed by atoms with E-state index in [1.54, 1.807) is 13.0 Å². The van der Waals surface area contributed by atoms with E-state index in [0.29, 0.717) is 5.56 Å². The Bertz CT molecular complexity index is 1420. The lowest BCUT2D eigenvalue weighted by molar-refractivity contribution is -0.384. The number of hydrogen-bond acceptors (Lipinski definition) is 15. The zero-order valence-electron chi connectivity index (χ0n) is 30.0. The average molecular weight is 726 g/mol. The van der Waals surface area contributed by atoms with Gasteiger partial charge in [0.1, 0.15) is 30.7 Å². The number of hydrogen-bond donors (Lipinski definition) is 0. The van der Waals surface area contributed by atoms with Crippen LogP contribution in [0.4, 0.5) is 5.69 Å². The van der Waals surface area contributed by atoms with E-state index in [-0.39, 0.29) is 23.1 Å². The third kappa shape index (κ3) is 10.6. The van der Waals surface area contributed by atoms with Crippen LogP contribution in [0.5, 0.6) is 0 Å². The van der Waals surface area contributed by atoms with Crippen molar-refractivity contribution < 1.29 is 66.4 Å². The average Bonchev–Trinajstić information content (AvgIpc) is 2.98. The molecule has 278 valence electrons. The van der Waals surface area contributed by atoms with E-state index in [4.69, 9.17) is 42.3 Å². The lowest BCUT2D eigenvalue weighted by atomic mass is 9.97. The first kappa shape index (κ1) is 40.5. The largest absolute Gasteiger partial charge is 0.545 e. The topological polar surface area (TPSA) is 194 Å². The number of ether oxygens (including phenoxy) is 8. The molecule has 8 atom stereocenters. The van der Waals surface area contributed by atoms with E-state index in [9.17, 15) is 29.3 Å². The zero-order valence-corrected chi connectivity index (χ0v) is 31.0. The lowest BCUT2D eigenvalue weighted by Gasteiger charge is -2.47. The molecule has 0 unspecified atom stereocenters. The summed E-state index contributed by atoms with van der Waals surface area (Å²) in [7, 11) is -2.61. The maximum absolute atomic E-state index is 12.5. The van der Waals surface area contributed by atoms with Crippen LogP contribution in [-0.4, -0.2) is 93.4 Å². The Morgan fingerprint density at radius 1 is 0.860 bits per heavy atom. The highest BCUT2D eigenvalue weighted by Crippen LogP contribution is 2.44. The Morgan fingerprint density at radius 3 is 1.92 bits per heavy atom. The summed E-state index contributed by atoms with van der Waals surface area (Å²) >= 11 is 0. The minimum atomic E-state index is -2.61. The SMILES string of the molecule is CCO[C@@H]1C=C(O[Si](C)(C)C(C)(C)C)[C@H](O[C@@H]2O[C@H](COC(C)=O)[C@@H](OC(C)=O)[C@H](OC(C)=O)[C@H]2OC(C)=O)[C@H](c2ccc([N+](=O)[O-])cc2)O1. The molecule has 0 saturated carbocycles. The molecule has 2 aliphatic rings. The van der Waals surface area contributed by atoms with E-state index in [0.717, 1.165) is 20.8 Å². The predicted molar refractivity (Wildman–Crippen MR) is 176 cm³/mol. The molecule has 2 heterocycles. The van der Waals surface area contributed by atoms with Gasteiger partial charge in [0.05, 0.1) is 4.92 Å². The van der Waals surface area contributed by atoms with Crippen LogP contribution >= 0.6 is 0 Å². The molecular formula is C33H47NO15Si. The molecule has 1 aromatic carbocycles. The fourth-order valence-corrected chi connectivity index (χ4v) is 6.12. The lowest BCUT2D eigenvalue weighted by Crippen LogP contribution is -2.63. The van der Waals surface area contributed by atoms with Crippen molar-refractivity contribution in [2.45, 2.75) is 123 Å². The van der Waals surface area contributed by atoms with Gasteiger partial charge in [0.25, 0.3) is 5.69 Å². The molecular weight excluding hydrogens is 678 g/mol. The van der Waals surface area contributed by atoms with Gasteiger partial charge in [0.2, 0.25) is 8.32 Å². The van der Waals surface area contributed by atoms with Crippen molar-refractivity contribution in [2.75, 3.05) is 13.2 Å². The molecule has 50 heavy (non-hydrogen) atoms. The Morgan fingerprint density at radius 2 is 1.42 bits per heavy atom. The number of non-ortho nitro benzene ring substituents is 1. The second-order valence-corrected chi connectivity index (χ2v) is 18.0. The predicted octanol–water partition coefficient (Wildman–Crippen LogP) is 4.40. The Kier molecular flexibility index (Phi) is 13.7. The summed E-state index contributed by atoms with van der Waals surface area (Å²) in [6.45, 7) is 16.3. The first-order valence-corrected chi connectivity index (χ1v) is 19.0.